The van der Waals surface area contributed by atoms with Crippen molar-refractivity contribution >= 4 is 17.4 Å². The number of halogens is 2. The van der Waals surface area contributed by atoms with Crippen molar-refractivity contribution in [2.75, 3.05) is 36.4 Å². The Morgan fingerprint density at radius 2 is 1.93 bits per heavy atom. The van der Waals surface area contributed by atoms with Crippen LogP contribution in [-0.4, -0.2) is 42.0 Å². The molecule has 1 amide bonds. The Kier molecular flexibility index (Phi) is 6.34. The van der Waals surface area contributed by atoms with Gasteiger partial charge in [-0.1, -0.05) is 6.92 Å². The van der Waals surface area contributed by atoms with Gasteiger partial charge in [0.05, 0.1) is 5.69 Å². The quantitative estimate of drug-likeness (QED) is 0.842. The van der Waals surface area contributed by atoms with E-state index in [1.54, 1.807) is 6.20 Å². The zero-order valence-corrected chi connectivity index (χ0v) is 15.4. The van der Waals surface area contributed by atoms with Crippen LogP contribution in [0.2, 0.25) is 0 Å². The number of benzene rings is 1. The summed E-state index contributed by atoms with van der Waals surface area (Å²) in [5.74, 6) is -0.547. The summed E-state index contributed by atoms with van der Waals surface area (Å²) in [5, 5.41) is 2.81. The minimum absolute atomic E-state index is 0.0305. The number of hydrogen-bond acceptors (Lipinski definition) is 4. The summed E-state index contributed by atoms with van der Waals surface area (Å²) >= 11 is 0. The lowest BCUT2D eigenvalue weighted by molar-refractivity contribution is -0.116. The van der Waals surface area contributed by atoms with Crippen LogP contribution in [0.3, 0.4) is 0 Å². The minimum atomic E-state index is -0.561. The van der Waals surface area contributed by atoms with Gasteiger partial charge in [-0.15, -0.1) is 0 Å². The molecule has 0 saturated carbocycles. The van der Waals surface area contributed by atoms with Gasteiger partial charge in [-0.05, 0) is 36.2 Å². The highest BCUT2D eigenvalue weighted by molar-refractivity contribution is 5.89. The largest absolute Gasteiger partial charge is 0.367 e. The predicted octanol–water partition coefficient (Wildman–Crippen LogP) is 3.42. The van der Waals surface area contributed by atoms with E-state index in [2.05, 4.69) is 15.2 Å². The molecule has 7 heteroatoms. The highest BCUT2D eigenvalue weighted by Gasteiger charge is 2.20. The Hall–Kier alpha value is -2.54. The van der Waals surface area contributed by atoms with Crippen molar-refractivity contribution in [2.45, 2.75) is 26.3 Å². The van der Waals surface area contributed by atoms with Gasteiger partial charge in [-0.3, -0.25) is 9.69 Å². The number of nitrogens with one attached hydrogen (secondary N) is 1. The molecular weight excluding hydrogens is 350 g/mol. The van der Waals surface area contributed by atoms with Crippen LogP contribution < -0.4 is 10.2 Å². The number of pyridine rings is 1. The Bertz CT molecular complexity index is 791. The number of anilines is 2. The van der Waals surface area contributed by atoms with Gasteiger partial charge in [-0.2, -0.15) is 0 Å². The molecule has 1 saturated heterocycles. The molecule has 27 heavy (non-hydrogen) atoms. The molecule has 2 heterocycles. The molecule has 2 aromatic rings. The van der Waals surface area contributed by atoms with Crippen LogP contribution in [-0.2, 0) is 11.3 Å². The van der Waals surface area contributed by atoms with Crippen molar-refractivity contribution in [3.05, 3.63) is 53.7 Å². The first-order chi connectivity index (χ1) is 13.0. The van der Waals surface area contributed by atoms with E-state index in [0.29, 0.717) is 31.0 Å². The number of carbonyl (C=O) groups is 1. The highest BCUT2D eigenvalue weighted by atomic mass is 19.1. The molecule has 3 rings (SSSR count). The number of nitrogens with zero attached hydrogens (tertiary/aromatic N) is 3. The van der Waals surface area contributed by atoms with Gasteiger partial charge in [0, 0.05) is 51.4 Å². The van der Waals surface area contributed by atoms with Crippen molar-refractivity contribution in [3.8, 4) is 0 Å². The molecule has 0 bridgehead atoms. The molecular formula is C20H24F2N4O. The molecule has 1 aromatic heterocycles. The third kappa shape index (κ3) is 5.23. The first-order valence-electron chi connectivity index (χ1n) is 9.22. The van der Waals surface area contributed by atoms with E-state index in [0.717, 1.165) is 37.7 Å². The maximum Gasteiger partial charge on any atom is 0.225 e. The van der Waals surface area contributed by atoms with E-state index in [4.69, 9.17) is 0 Å². The van der Waals surface area contributed by atoms with Crippen molar-refractivity contribution in [2.24, 2.45) is 0 Å². The lowest BCUT2D eigenvalue weighted by Gasteiger charge is -2.36. The van der Waals surface area contributed by atoms with Gasteiger partial charge in [-0.25, -0.2) is 13.8 Å². The van der Waals surface area contributed by atoms with Crippen LogP contribution in [0.25, 0.3) is 0 Å². The zero-order chi connectivity index (χ0) is 19.2. The summed E-state index contributed by atoms with van der Waals surface area (Å²) in [6, 6.07) is 7.53. The van der Waals surface area contributed by atoms with Crippen LogP contribution in [0.4, 0.5) is 20.3 Å². The maximum atomic E-state index is 13.9. The Morgan fingerprint density at radius 1 is 1.15 bits per heavy atom. The van der Waals surface area contributed by atoms with E-state index >= 15 is 0 Å². The smallest absolute Gasteiger partial charge is 0.225 e. The summed E-state index contributed by atoms with van der Waals surface area (Å²) in [6.45, 7) is 5.59. The number of rotatable bonds is 6. The van der Waals surface area contributed by atoms with E-state index < -0.39 is 11.6 Å². The third-order valence-corrected chi connectivity index (χ3v) is 4.60. The number of hydrogen-bond donors (Lipinski definition) is 1. The number of carbonyl (C=O) groups excluding carboxylic acids is 1. The Balaban J connectivity index is 1.55. The monoisotopic (exact) mass is 374 g/mol. The highest BCUT2D eigenvalue weighted by Crippen LogP contribution is 2.22. The summed E-state index contributed by atoms with van der Waals surface area (Å²) in [4.78, 5) is 20.1. The van der Waals surface area contributed by atoms with Crippen LogP contribution in [0.5, 0.6) is 0 Å². The molecule has 0 atom stereocenters. The van der Waals surface area contributed by atoms with Crippen molar-refractivity contribution in [1.29, 1.82) is 0 Å². The third-order valence-electron chi connectivity index (χ3n) is 4.60. The fraction of sp³-hybridized carbons (Fsp3) is 0.400. The van der Waals surface area contributed by atoms with Gasteiger partial charge in [0.25, 0.3) is 0 Å². The number of amides is 1. The second kappa shape index (κ2) is 8.90. The lowest BCUT2D eigenvalue weighted by atomic mass is 10.2. The Morgan fingerprint density at radius 3 is 2.63 bits per heavy atom. The molecule has 5 nitrogen and oxygen atoms in total. The average Bonchev–Trinajstić information content (AvgIpc) is 2.63. The van der Waals surface area contributed by atoms with Crippen LogP contribution in [0, 0.1) is 11.6 Å². The molecule has 1 fully saturated rings. The number of piperazine rings is 1. The summed E-state index contributed by atoms with van der Waals surface area (Å²) in [7, 11) is 0. The normalized spacial score (nSPS) is 15.0. The maximum absolute atomic E-state index is 13.9. The van der Waals surface area contributed by atoms with Crippen molar-refractivity contribution in [1.82, 2.24) is 9.88 Å². The molecule has 144 valence electrons. The van der Waals surface area contributed by atoms with Crippen molar-refractivity contribution < 1.29 is 13.6 Å². The van der Waals surface area contributed by atoms with Gasteiger partial charge >= 0.3 is 0 Å². The van der Waals surface area contributed by atoms with E-state index in [1.807, 2.05) is 24.0 Å². The molecule has 1 aliphatic rings. The van der Waals surface area contributed by atoms with Crippen molar-refractivity contribution in [3.63, 3.8) is 0 Å². The molecule has 1 aromatic carbocycles. The average molecular weight is 374 g/mol. The molecule has 1 N–H and O–H groups in total. The molecule has 0 radical (unpaired) electrons. The van der Waals surface area contributed by atoms with E-state index in [9.17, 15) is 13.6 Å². The molecule has 0 unspecified atom stereocenters. The fourth-order valence-electron chi connectivity index (χ4n) is 3.22. The second-order valence-electron chi connectivity index (χ2n) is 6.71. The fourth-order valence-corrected chi connectivity index (χ4v) is 3.22. The van der Waals surface area contributed by atoms with Gasteiger partial charge in [0.1, 0.15) is 17.5 Å². The molecule has 0 aliphatic carbocycles. The van der Waals surface area contributed by atoms with Gasteiger partial charge in [0.15, 0.2) is 0 Å². The Labute approximate surface area is 158 Å². The number of aromatic nitrogens is 1. The van der Waals surface area contributed by atoms with E-state index in [-0.39, 0.29) is 5.91 Å². The molecule has 1 aliphatic heterocycles. The standard InChI is InChI=1S/C20H24F2N4O/c1-2-3-20(27)24-19-12-15(6-7-23-19)14-25-8-10-26(11-9-25)18-5-4-16(21)13-17(18)22/h4-7,12-13H,2-3,8-11,14H2,1H3,(H,23,24,27). The SMILES string of the molecule is CCCC(=O)Nc1cc(CN2CCN(c3ccc(F)cc3F)CC2)ccn1. The summed E-state index contributed by atoms with van der Waals surface area (Å²) in [6.07, 6.45) is 2.97. The van der Waals surface area contributed by atoms with Crippen LogP contribution >= 0.6 is 0 Å². The minimum Gasteiger partial charge on any atom is -0.367 e. The van der Waals surface area contributed by atoms with E-state index in [1.165, 1.54) is 12.1 Å². The topological polar surface area (TPSA) is 48.5 Å². The first-order valence-corrected chi connectivity index (χ1v) is 9.22. The predicted molar refractivity (Wildman–Crippen MR) is 102 cm³/mol. The summed E-state index contributed by atoms with van der Waals surface area (Å²) < 4.78 is 27.0. The summed E-state index contributed by atoms with van der Waals surface area (Å²) in [5.41, 5.74) is 1.51. The second-order valence-corrected chi connectivity index (χ2v) is 6.71. The van der Waals surface area contributed by atoms with Gasteiger partial charge < -0.3 is 10.2 Å². The lowest BCUT2D eigenvalue weighted by Crippen LogP contribution is -2.46. The first kappa shape index (κ1) is 19.2. The zero-order valence-electron chi connectivity index (χ0n) is 15.4. The van der Waals surface area contributed by atoms with Crippen LogP contribution in [0.1, 0.15) is 25.3 Å². The van der Waals surface area contributed by atoms with Gasteiger partial charge in [0.2, 0.25) is 5.91 Å². The molecule has 0 spiro atoms. The van der Waals surface area contributed by atoms with Crippen LogP contribution in [0.15, 0.2) is 36.5 Å².